The molecule has 2 rings (SSSR count). The van der Waals surface area contributed by atoms with Crippen molar-refractivity contribution in [2.24, 2.45) is 0 Å². The summed E-state index contributed by atoms with van der Waals surface area (Å²) in [6.45, 7) is 1.82. The van der Waals surface area contributed by atoms with Crippen LogP contribution < -0.4 is 10.1 Å². The molecule has 0 saturated heterocycles. The lowest BCUT2D eigenvalue weighted by molar-refractivity contribution is 0.0696. The number of carbonyl (C=O) groups excluding carboxylic acids is 1. The molecule has 0 fully saturated rings. The van der Waals surface area contributed by atoms with Crippen molar-refractivity contribution < 1.29 is 19.4 Å². The van der Waals surface area contributed by atoms with Gasteiger partial charge in [0.05, 0.1) is 23.3 Å². The number of aromatic carboxylic acids is 1. The van der Waals surface area contributed by atoms with Gasteiger partial charge in [0.1, 0.15) is 5.75 Å². The highest BCUT2D eigenvalue weighted by Crippen LogP contribution is 2.29. The van der Waals surface area contributed by atoms with Crippen LogP contribution in [-0.4, -0.2) is 24.1 Å². The van der Waals surface area contributed by atoms with Crippen LogP contribution in [0.5, 0.6) is 5.75 Å². The average molecular weight is 399 g/mol. The van der Waals surface area contributed by atoms with E-state index in [0.29, 0.717) is 17.0 Å². The van der Waals surface area contributed by atoms with Crippen molar-refractivity contribution in [1.82, 2.24) is 0 Å². The number of carbonyl (C=O) groups is 2. The molecule has 0 heterocycles. The van der Waals surface area contributed by atoms with Gasteiger partial charge in [-0.05, 0) is 42.8 Å². The van der Waals surface area contributed by atoms with E-state index >= 15 is 0 Å². The number of aryl methyl sites for hydroxylation is 1. The second-order valence-electron chi connectivity index (χ2n) is 4.76. The van der Waals surface area contributed by atoms with E-state index in [1.165, 1.54) is 25.3 Å². The SMILES string of the molecule is COc1c(C)cc(Br)cc1C(=O)Nc1ccc(Cl)c(C(=O)O)c1. The first kappa shape index (κ1) is 17.3. The number of anilines is 1. The number of hydrogen-bond acceptors (Lipinski definition) is 3. The van der Waals surface area contributed by atoms with Crippen molar-refractivity contribution in [3.05, 3.63) is 56.5 Å². The Morgan fingerprint density at radius 2 is 1.91 bits per heavy atom. The minimum Gasteiger partial charge on any atom is -0.496 e. The maximum Gasteiger partial charge on any atom is 0.337 e. The van der Waals surface area contributed by atoms with E-state index in [4.69, 9.17) is 21.4 Å². The number of amides is 1. The number of benzene rings is 2. The van der Waals surface area contributed by atoms with Gasteiger partial charge < -0.3 is 15.2 Å². The van der Waals surface area contributed by atoms with Gasteiger partial charge in [-0.1, -0.05) is 27.5 Å². The van der Waals surface area contributed by atoms with Crippen LogP contribution in [0.2, 0.25) is 5.02 Å². The molecule has 0 aliphatic rings. The number of carboxylic acid groups (broad SMARTS) is 1. The second kappa shape index (κ2) is 7.02. The van der Waals surface area contributed by atoms with Crippen LogP contribution in [0.1, 0.15) is 26.3 Å². The number of ether oxygens (including phenoxy) is 1. The summed E-state index contributed by atoms with van der Waals surface area (Å²) < 4.78 is 6.01. The molecular formula is C16H13BrClNO4. The molecule has 0 radical (unpaired) electrons. The molecule has 2 N–H and O–H groups in total. The zero-order valence-electron chi connectivity index (χ0n) is 12.3. The molecule has 0 saturated carbocycles. The number of hydrogen-bond donors (Lipinski definition) is 2. The van der Waals surface area contributed by atoms with Crippen molar-refractivity contribution in [2.45, 2.75) is 6.92 Å². The molecule has 120 valence electrons. The highest BCUT2D eigenvalue weighted by atomic mass is 79.9. The molecule has 0 spiro atoms. The largest absolute Gasteiger partial charge is 0.496 e. The third kappa shape index (κ3) is 3.83. The predicted octanol–water partition coefficient (Wildman–Crippen LogP) is 4.37. The Labute approximate surface area is 146 Å². The number of rotatable bonds is 4. The van der Waals surface area contributed by atoms with Gasteiger partial charge in [0, 0.05) is 10.2 Å². The fraction of sp³-hybridized carbons (Fsp3) is 0.125. The summed E-state index contributed by atoms with van der Waals surface area (Å²) in [5.41, 5.74) is 1.39. The number of methoxy groups -OCH3 is 1. The van der Waals surface area contributed by atoms with Gasteiger partial charge in [0.15, 0.2) is 0 Å². The van der Waals surface area contributed by atoms with Gasteiger partial charge in [-0.15, -0.1) is 0 Å². The van der Waals surface area contributed by atoms with Crippen LogP contribution in [0.25, 0.3) is 0 Å². The summed E-state index contributed by atoms with van der Waals surface area (Å²) in [5, 5.41) is 11.8. The smallest absolute Gasteiger partial charge is 0.337 e. The topological polar surface area (TPSA) is 75.6 Å². The summed E-state index contributed by atoms with van der Waals surface area (Å²) in [7, 11) is 1.48. The lowest BCUT2D eigenvalue weighted by Crippen LogP contribution is -2.14. The van der Waals surface area contributed by atoms with Gasteiger partial charge in [-0.25, -0.2) is 4.79 Å². The second-order valence-corrected chi connectivity index (χ2v) is 6.08. The first-order chi connectivity index (χ1) is 10.8. The first-order valence-electron chi connectivity index (χ1n) is 6.51. The van der Waals surface area contributed by atoms with E-state index in [2.05, 4.69) is 21.2 Å². The number of nitrogens with one attached hydrogen (secondary N) is 1. The molecule has 2 aromatic rings. The molecule has 0 aliphatic heterocycles. The van der Waals surface area contributed by atoms with Crippen molar-refractivity contribution in [3.63, 3.8) is 0 Å². The Hall–Kier alpha value is -2.05. The lowest BCUT2D eigenvalue weighted by Gasteiger charge is -2.13. The standard InChI is InChI=1S/C16H13BrClNO4/c1-8-5-9(17)6-12(14(8)23-2)15(20)19-10-3-4-13(18)11(7-10)16(21)22/h3-7H,1-2H3,(H,19,20)(H,21,22). The highest BCUT2D eigenvalue weighted by molar-refractivity contribution is 9.10. The van der Waals surface area contributed by atoms with Crippen molar-refractivity contribution in [2.75, 3.05) is 12.4 Å². The van der Waals surface area contributed by atoms with E-state index in [1.807, 2.05) is 13.0 Å². The zero-order valence-corrected chi connectivity index (χ0v) is 14.7. The fourth-order valence-corrected chi connectivity index (χ4v) is 2.91. The summed E-state index contributed by atoms with van der Waals surface area (Å²) >= 11 is 9.15. The Morgan fingerprint density at radius 3 is 2.52 bits per heavy atom. The molecule has 0 bridgehead atoms. The summed E-state index contributed by atoms with van der Waals surface area (Å²) in [4.78, 5) is 23.6. The molecule has 0 aliphatic carbocycles. The zero-order chi connectivity index (χ0) is 17.1. The van der Waals surface area contributed by atoms with Crippen LogP contribution in [0.4, 0.5) is 5.69 Å². The maximum absolute atomic E-state index is 12.5. The molecule has 7 heteroatoms. The third-order valence-electron chi connectivity index (χ3n) is 3.14. The maximum atomic E-state index is 12.5. The number of halogens is 2. The molecule has 1 amide bonds. The Kier molecular flexibility index (Phi) is 5.28. The van der Waals surface area contributed by atoms with Gasteiger partial charge in [0.25, 0.3) is 5.91 Å². The van der Waals surface area contributed by atoms with E-state index in [9.17, 15) is 9.59 Å². The van der Waals surface area contributed by atoms with Gasteiger partial charge in [0.2, 0.25) is 0 Å². The molecular weight excluding hydrogens is 386 g/mol. The van der Waals surface area contributed by atoms with E-state index in [-0.39, 0.29) is 10.6 Å². The molecule has 0 unspecified atom stereocenters. The van der Waals surface area contributed by atoms with E-state index in [0.717, 1.165) is 10.0 Å². The Balaban J connectivity index is 2.37. The van der Waals surface area contributed by atoms with Crippen molar-refractivity contribution >= 4 is 45.1 Å². The van der Waals surface area contributed by atoms with Crippen molar-refractivity contribution in [3.8, 4) is 5.75 Å². The van der Waals surface area contributed by atoms with Crippen LogP contribution in [-0.2, 0) is 0 Å². The molecule has 0 aromatic heterocycles. The van der Waals surface area contributed by atoms with E-state index < -0.39 is 11.9 Å². The van der Waals surface area contributed by atoms with Crippen LogP contribution in [0.15, 0.2) is 34.8 Å². The fourth-order valence-electron chi connectivity index (χ4n) is 2.13. The van der Waals surface area contributed by atoms with Gasteiger partial charge in [-0.3, -0.25) is 4.79 Å². The van der Waals surface area contributed by atoms with Crippen LogP contribution in [0, 0.1) is 6.92 Å². The minimum absolute atomic E-state index is 0.0816. The van der Waals surface area contributed by atoms with Gasteiger partial charge in [-0.2, -0.15) is 0 Å². The normalized spacial score (nSPS) is 10.3. The lowest BCUT2D eigenvalue weighted by atomic mass is 10.1. The quantitative estimate of drug-likeness (QED) is 0.802. The Morgan fingerprint density at radius 1 is 1.22 bits per heavy atom. The van der Waals surface area contributed by atoms with Gasteiger partial charge >= 0.3 is 5.97 Å². The first-order valence-corrected chi connectivity index (χ1v) is 7.69. The predicted molar refractivity (Wildman–Crippen MR) is 91.8 cm³/mol. The monoisotopic (exact) mass is 397 g/mol. The van der Waals surface area contributed by atoms with Crippen LogP contribution >= 0.6 is 27.5 Å². The molecule has 2 aromatic carbocycles. The summed E-state index contributed by atoms with van der Waals surface area (Å²) in [6, 6.07) is 7.73. The van der Waals surface area contributed by atoms with Crippen molar-refractivity contribution in [1.29, 1.82) is 0 Å². The molecule has 5 nitrogen and oxygen atoms in total. The molecule has 0 atom stereocenters. The number of carboxylic acids is 1. The Bertz CT molecular complexity index is 792. The summed E-state index contributed by atoms with van der Waals surface area (Å²) in [6.07, 6.45) is 0. The summed E-state index contributed by atoms with van der Waals surface area (Å²) in [5.74, 6) is -1.12. The minimum atomic E-state index is -1.16. The molecule has 23 heavy (non-hydrogen) atoms. The highest BCUT2D eigenvalue weighted by Gasteiger charge is 2.17. The van der Waals surface area contributed by atoms with Crippen LogP contribution in [0.3, 0.4) is 0 Å². The average Bonchev–Trinajstić information content (AvgIpc) is 2.48. The van der Waals surface area contributed by atoms with E-state index in [1.54, 1.807) is 6.07 Å². The third-order valence-corrected chi connectivity index (χ3v) is 3.93.